The van der Waals surface area contributed by atoms with Gasteiger partial charge in [-0.25, -0.2) is 0 Å². The van der Waals surface area contributed by atoms with Crippen LogP contribution in [-0.2, 0) is 6.42 Å². The topological polar surface area (TPSA) is 98.1 Å². The molecule has 3 N–H and O–H groups in total. The smallest absolute Gasteiger partial charge is 0.255 e. The second kappa shape index (κ2) is 11.8. The first kappa shape index (κ1) is 23.9. The fraction of sp³-hybridized carbons (Fsp3) is 0.333. The van der Waals surface area contributed by atoms with E-state index in [4.69, 9.17) is 10.00 Å². The molecule has 33 heavy (non-hydrogen) atoms. The van der Waals surface area contributed by atoms with Crippen molar-refractivity contribution in [1.29, 1.82) is 5.26 Å². The monoisotopic (exact) mass is 443 g/mol. The van der Waals surface area contributed by atoms with Crippen molar-refractivity contribution in [1.82, 2.24) is 10.3 Å². The van der Waals surface area contributed by atoms with Gasteiger partial charge in [-0.15, -0.1) is 0 Å². The molecule has 1 aromatic heterocycles. The van der Waals surface area contributed by atoms with Crippen molar-refractivity contribution in [2.24, 2.45) is 0 Å². The van der Waals surface area contributed by atoms with E-state index in [2.05, 4.69) is 28.2 Å². The number of para-hydroxylation sites is 1. The molecule has 1 atom stereocenters. The van der Waals surface area contributed by atoms with Crippen LogP contribution in [0.3, 0.4) is 0 Å². The Morgan fingerprint density at radius 3 is 2.79 bits per heavy atom. The average molecular weight is 444 g/mol. The van der Waals surface area contributed by atoms with E-state index in [1.807, 2.05) is 50.4 Å². The van der Waals surface area contributed by atoms with Crippen molar-refractivity contribution < 1.29 is 14.6 Å². The Hall–Kier alpha value is -3.74. The quantitative estimate of drug-likeness (QED) is 0.339. The third-order valence-corrected chi connectivity index (χ3v) is 5.11. The van der Waals surface area contributed by atoms with Crippen LogP contribution >= 0.6 is 0 Å². The highest BCUT2D eigenvalue weighted by Gasteiger charge is 2.19. The maximum Gasteiger partial charge on any atom is 0.255 e. The molecule has 0 spiro atoms. The Labute approximate surface area is 194 Å². The zero-order valence-electron chi connectivity index (χ0n) is 19.0. The second-order valence-electron chi connectivity index (χ2n) is 8.11. The minimum atomic E-state index is -0.454. The van der Waals surface area contributed by atoms with Crippen molar-refractivity contribution in [3.8, 4) is 23.7 Å². The Bertz CT molecular complexity index is 1190. The summed E-state index contributed by atoms with van der Waals surface area (Å²) >= 11 is 0. The van der Waals surface area contributed by atoms with Gasteiger partial charge in [-0.3, -0.25) is 4.79 Å². The number of amides is 1. The number of carbonyl (C=O) groups is 1. The highest BCUT2D eigenvalue weighted by atomic mass is 16.5. The number of ether oxygens (including phenoxy) is 1. The van der Waals surface area contributed by atoms with E-state index in [1.165, 1.54) is 0 Å². The summed E-state index contributed by atoms with van der Waals surface area (Å²) < 4.78 is 5.85. The first-order valence-electron chi connectivity index (χ1n) is 11.1. The van der Waals surface area contributed by atoms with Crippen LogP contribution in [0.15, 0.2) is 48.7 Å². The molecule has 0 aliphatic carbocycles. The van der Waals surface area contributed by atoms with E-state index in [9.17, 15) is 9.90 Å². The van der Waals surface area contributed by atoms with Gasteiger partial charge in [-0.1, -0.05) is 30.0 Å². The fourth-order valence-corrected chi connectivity index (χ4v) is 3.55. The molecule has 0 saturated heterocycles. The van der Waals surface area contributed by atoms with Gasteiger partial charge in [-0.05, 0) is 56.5 Å². The molecule has 0 radical (unpaired) electrons. The first-order valence-corrected chi connectivity index (χ1v) is 11.1. The van der Waals surface area contributed by atoms with Crippen LogP contribution in [0.5, 0.6) is 5.75 Å². The molecule has 170 valence electrons. The van der Waals surface area contributed by atoms with Gasteiger partial charge in [0.1, 0.15) is 5.75 Å². The predicted molar refractivity (Wildman–Crippen MR) is 129 cm³/mol. The van der Waals surface area contributed by atoms with Gasteiger partial charge in [0, 0.05) is 35.5 Å². The Balaban J connectivity index is 1.78. The molecule has 0 aliphatic heterocycles. The number of H-pyrrole nitrogens is 1. The van der Waals surface area contributed by atoms with Crippen LogP contribution in [0.4, 0.5) is 0 Å². The van der Waals surface area contributed by atoms with Gasteiger partial charge in [0.15, 0.2) is 0 Å². The Morgan fingerprint density at radius 2 is 2.03 bits per heavy atom. The molecule has 0 unspecified atom stereocenters. The van der Waals surface area contributed by atoms with E-state index in [1.54, 1.807) is 12.1 Å². The summed E-state index contributed by atoms with van der Waals surface area (Å²) in [5.74, 6) is 6.25. The van der Waals surface area contributed by atoms with E-state index >= 15 is 0 Å². The maximum absolute atomic E-state index is 13.2. The van der Waals surface area contributed by atoms with E-state index in [0.717, 1.165) is 22.9 Å². The van der Waals surface area contributed by atoms with E-state index < -0.39 is 6.04 Å². The number of aromatic amines is 1. The Kier molecular flexibility index (Phi) is 8.52. The lowest BCUT2D eigenvalue weighted by molar-refractivity contribution is 0.0910. The summed E-state index contributed by atoms with van der Waals surface area (Å²) in [6, 6.07) is 14.9. The van der Waals surface area contributed by atoms with Gasteiger partial charge >= 0.3 is 0 Å². The number of nitriles is 1. The number of benzene rings is 2. The lowest BCUT2D eigenvalue weighted by Crippen LogP contribution is -2.39. The van der Waals surface area contributed by atoms with Crippen molar-refractivity contribution in [2.45, 2.75) is 51.7 Å². The fourth-order valence-electron chi connectivity index (χ4n) is 3.55. The Morgan fingerprint density at radius 1 is 1.21 bits per heavy atom. The first-order chi connectivity index (χ1) is 16.0. The summed E-state index contributed by atoms with van der Waals surface area (Å²) in [5, 5.41) is 22.6. The minimum absolute atomic E-state index is 0.0978. The lowest BCUT2D eigenvalue weighted by Gasteiger charge is -2.19. The molecule has 1 heterocycles. The van der Waals surface area contributed by atoms with Crippen LogP contribution in [0.25, 0.3) is 10.9 Å². The normalized spacial score (nSPS) is 11.5. The van der Waals surface area contributed by atoms with Crippen LogP contribution in [-0.4, -0.2) is 34.8 Å². The number of rotatable bonds is 9. The molecule has 0 fully saturated rings. The molecular formula is C27H29N3O3. The van der Waals surface area contributed by atoms with Crippen LogP contribution in [0.2, 0.25) is 0 Å². The SMILES string of the molecule is CC(C)Oc1ccc(C#CCCCC#N)cc1C(=O)N[C@@H](CO)Cc1c[nH]c2ccccc12. The van der Waals surface area contributed by atoms with Crippen molar-refractivity contribution >= 4 is 16.8 Å². The third kappa shape index (κ3) is 6.62. The second-order valence-corrected chi connectivity index (χ2v) is 8.11. The van der Waals surface area contributed by atoms with E-state index in [0.29, 0.717) is 36.1 Å². The van der Waals surface area contributed by atoms with Crippen LogP contribution in [0.1, 0.15) is 54.6 Å². The number of unbranched alkanes of at least 4 members (excludes halogenated alkanes) is 2. The van der Waals surface area contributed by atoms with Gasteiger partial charge < -0.3 is 20.1 Å². The van der Waals surface area contributed by atoms with Gasteiger partial charge in [-0.2, -0.15) is 5.26 Å². The number of nitrogens with zero attached hydrogens (tertiary/aromatic N) is 1. The minimum Gasteiger partial charge on any atom is -0.490 e. The molecule has 0 saturated carbocycles. The molecule has 6 nitrogen and oxygen atoms in total. The summed E-state index contributed by atoms with van der Waals surface area (Å²) in [6.45, 7) is 3.61. The summed E-state index contributed by atoms with van der Waals surface area (Å²) in [5.41, 5.74) is 3.13. The third-order valence-electron chi connectivity index (χ3n) is 5.11. The van der Waals surface area contributed by atoms with Crippen molar-refractivity contribution in [3.63, 3.8) is 0 Å². The molecule has 3 aromatic rings. The van der Waals surface area contributed by atoms with Crippen molar-refractivity contribution in [3.05, 3.63) is 65.4 Å². The van der Waals surface area contributed by atoms with E-state index in [-0.39, 0.29) is 18.6 Å². The number of carbonyl (C=O) groups excluding carboxylic acids is 1. The average Bonchev–Trinajstić information content (AvgIpc) is 3.21. The summed E-state index contributed by atoms with van der Waals surface area (Å²) in [6.07, 6.45) is 4.12. The predicted octanol–water partition coefficient (Wildman–Crippen LogP) is 4.33. The maximum atomic E-state index is 13.2. The standard InChI is InChI=1S/C27H29N3O3/c1-19(2)33-26-13-12-20(9-5-3-4-8-14-28)15-24(26)27(32)30-22(18-31)16-21-17-29-25-11-7-6-10-23(21)25/h6-7,10-13,15,17,19,22,29,31H,3-4,8,16,18H2,1-2H3,(H,30,32)/t22-/m1/s1. The largest absolute Gasteiger partial charge is 0.490 e. The number of aliphatic hydroxyl groups excluding tert-OH is 1. The van der Waals surface area contributed by atoms with Crippen LogP contribution in [0, 0.1) is 23.2 Å². The number of aliphatic hydroxyl groups is 1. The number of hydrogen-bond donors (Lipinski definition) is 3. The van der Waals surface area contributed by atoms with Crippen LogP contribution < -0.4 is 10.1 Å². The van der Waals surface area contributed by atoms with Gasteiger partial charge in [0.25, 0.3) is 5.91 Å². The van der Waals surface area contributed by atoms with Crippen molar-refractivity contribution in [2.75, 3.05) is 6.61 Å². The molecular weight excluding hydrogens is 414 g/mol. The molecule has 2 aromatic carbocycles. The highest BCUT2D eigenvalue weighted by Crippen LogP contribution is 2.23. The lowest BCUT2D eigenvalue weighted by atomic mass is 10.0. The molecule has 0 bridgehead atoms. The van der Waals surface area contributed by atoms with Gasteiger partial charge in [0.2, 0.25) is 0 Å². The number of nitrogens with one attached hydrogen (secondary N) is 2. The highest BCUT2D eigenvalue weighted by molar-refractivity contribution is 5.97. The van der Waals surface area contributed by atoms with Gasteiger partial charge in [0.05, 0.1) is 30.4 Å². The molecule has 1 amide bonds. The number of hydrogen-bond acceptors (Lipinski definition) is 4. The molecule has 0 aliphatic rings. The zero-order chi connectivity index (χ0) is 23.6. The summed E-state index contributed by atoms with van der Waals surface area (Å²) in [7, 11) is 0. The molecule has 3 rings (SSSR count). The number of aromatic nitrogens is 1. The number of fused-ring (bicyclic) bond motifs is 1. The zero-order valence-corrected chi connectivity index (χ0v) is 19.0. The molecule has 6 heteroatoms. The summed E-state index contributed by atoms with van der Waals surface area (Å²) in [4.78, 5) is 16.4.